The van der Waals surface area contributed by atoms with Crippen molar-refractivity contribution < 1.29 is 5.11 Å². The highest BCUT2D eigenvalue weighted by Crippen LogP contribution is 2.40. The minimum absolute atomic E-state index is 0.130. The molecule has 0 unspecified atom stereocenters. The van der Waals surface area contributed by atoms with E-state index in [1.54, 1.807) is 0 Å². The molecule has 0 radical (unpaired) electrons. The monoisotopic (exact) mass is 408 g/mol. The predicted molar refractivity (Wildman–Crippen MR) is 113 cm³/mol. The number of hydrogen-bond acceptors (Lipinski definition) is 1. The lowest BCUT2D eigenvalue weighted by atomic mass is 9.79. The molecule has 0 saturated carbocycles. The summed E-state index contributed by atoms with van der Waals surface area (Å²) in [5, 5.41) is 11.4. The Labute approximate surface area is 164 Å². The van der Waals surface area contributed by atoms with Gasteiger partial charge in [0.15, 0.2) is 0 Å². The fourth-order valence-electron chi connectivity index (χ4n) is 3.43. The molecule has 3 aromatic carbocycles. The van der Waals surface area contributed by atoms with E-state index in [2.05, 4.69) is 97.4 Å². The second kappa shape index (κ2) is 7.67. The van der Waals surface area contributed by atoms with Gasteiger partial charge in [-0.1, -0.05) is 109 Å². The van der Waals surface area contributed by atoms with E-state index < -0.39 is 0 Å². The van der Waals surface area contributed by atoms with Crippen LogP contribution < -0.4 is 0 Å². The van der Waals surface area contributed by atoms with Crippen LogP contribution in [0.25, 0.3) is 0 Å². The Bertz CT molecular complexity index is 824. The van der Waals surface area contributed by atoms with Crippen LogP contribution in [0.1, 0.15) is 54.5 Å². The quantitative estimate of drug-likeness (QED) is 0.373. The number of aromatic hydroxyl groups is 1. The van der Waals surface area contributed by atoms with Crippen LogP contribution in [0.3, 0.4) is 0 Å². The zero-order valence-electron chi connectivity index (χ0n) is 15.5. The van der Waals surface area contributed by atoms with Gasteiger partial charge in [-0.25, -0.2) is 0 Å². The third-order valence-corrected chi connectivity index (χ3v) is 5.37. The van der Waals surface area contributed by atoms with Crippen molar-refractivity contribution in [2.45, 2.75) is 37.4 Å². The van der Waals surface area contributed by atoms with Gasteiger partial charge in [0.05, 0.1) is 0 Å². The highest BCUT2D eigenvalue weighted by atomic mass is 79.9. The maximum atomic E-state index is 10.7. The summed E-state index contributed by atoms with van der Waals surface area (Å²) in [5.74, 6) is 0.537. The van der Waals surface area contributed by atoms with E-state index in [9.17, 15) is 5.11 Å². The largest absolute Gasteiger partial charge is 0.507 e. The van der Waals surface area contributed by atoms with E-state index in [1.807, 2.05) is 12.1 Å². The Hall–Kier alpha value is -2.06. The summed E-state index contributed by atoms with van der Waals surface area (Å²) in [5.41, 5.74) is 5.51. The fourth-order valence-corrected chi connectivity index (χ4v) is 3.86. The van der Waals surface area contributed by atoms with Crippen molar-refractivity contribution in [2.24, 2.45) is 0 Å². The first-order chi connectivity index (χ1) is 12.4. The second-order valence-electron chi connectivity index (χ2n) is 7.71. The minimum Gasteiger partial charge on any atom is -0.507 e. The Morgan fingerprint density at radius 1 is 0.808 bits per heavy atom. The molecule has 0 aromatic heterocycles. The van der Waals surface area contributed by atoms with Gasteiger partial charge in [0, 0.05) is 16.8 Å². The van der Waals surface area contributed by atoms with Gasteiger partial charge in [-0.05, 0) is 27.7 Å². The number of benzene rings is 3. The fraction of sp³-hybridized carbons (Fsp3) is 0.250. The number of rotatable bonds is 4. The first kappa shape index (κ1) is 18.7. The summed E-state index contributed by atoms with van der Waals surface area (Å²) < 4.78 is 0. The van der Waals surface area contributed by atoms with Gasteiger partial charge >= 0.3 is 0 Å². The van der Waals surface area contributed by atoms with Crippen molar-refractivity contribution in [2.75, 3.05) is 0 Å². The van der Waals surface area contributed by atoms with E-state index in [4.69, 9.17) is 0 Å². The topological polar surface area (TPSA) is 20.2 Å². The average Bonchev–Trinajstić information content (AvgIpc) is 2.64. The molecule has 0 aliphatic rings. The van der Waals surface area contributed by atoms with Crippen LogP contribution in [-0.2, 0) is 10.7 Å². The lowest BCUT2D eigenvalue weighted by Crippen LogP contribution is -2.14. The highest BCUT2D eigenvalue weighted by molar-refractivity contribution is 9.08. The Balaban J connectivity index is 2.25. The van der Waals surface area contributed by atoms with Gasteiger partial charge in [0.25, 0.3) is 0 Å². The van der Waals surface area contributed by atoms with Crippen LogP contribution in [0.15, 0.2) is 72.8 Å². The van der Waals surface area contributed by atoms with Crippen molar-refractivity contribution in [1.82, 2.24) is 0 Å². The molecule has 0 heterocycles. The summed E-state index contributed by atoms with van der Waals surface area (Å²) in [7, 11) is 0. The van der Waals surface area contributed by atoms with Gasteiger partial charge in [-0.2, -0.15) is 0 Å². The van der Waals surface area contributed by atoms with Crippen molar-refractivity contribution >= 4 is 15.9 Å². The second-order valence-corrected chi connectivity index (χ2v) is 8.27. The number of hydrogen-bond donors (Lipinski definition) is 1. The molecule has 0 amide bonds. The van der Waals surface area contributed by atoms with Gasteiger partial charge in [-0.15, -0.1) is 0 Å². The first-order valence-electron chi connectivity index (χ1n) is 8.94. The van der Waals surface area contributed by atoms with Crippen molar-refractivity contribution in [3.8, 4) is 5.75 Å². The molecule has 1 N–H and O–H groups in total. The molecule has 0 atom stereocenters. The third kappa shape index (κ3) is 3.86. The molecule has 26 heavy (non-hydrogen) atoms. The molecule has 1 nitrogen and oxygen atoms in total. The molecule has 134 valence electrons. The van der Waals surface area contributed by atoms with Gasteiger partial charge < -0.3 is 5.11 Å². The summed E-state index contributed by atoms with van der Waals surface area (Å²) in [4.78, 5) is 0. The maximum Gasteiger partial charge on any atom is 0.123 e. The van der Waals surface area contributed by atoms with Crippen LogP contribution in [0, 0.1) is 0 Å². The van der Waals surface area contributed by atoms with E-state index in [0.717, 1.165) is 11.1 Å². The molecular formula is C24H25BrO. The minimum atomic E-state index is -0.130. The normalized spacial score (nSPS) is 11.7. The molecule has 3 aromatic rings. The molecule has 0 bridgehead atoms. The Morgan fingerprint density at radius 3 is 1.73 bits per heavy atom. The van der Waals surface area contributed by atoms with Crippen molar-refractivity contribution in [3.63, 3.8) is 0 Å². The summed E-state index contributed by atoms with van der Waals surface area (Å²) in [6.07, 6.45) is 0. The molecule has 3 rings (SSSR count). The summed E-state index contributed by atoms with van der Waals surface area (Å²) >= 11 is 3.55. The predicted octanol–water partition coefficient (Wildman–Crippen LogP) is 6.76. The third-order valence-electron chi connectivity index (χ3n) is 4.76. The van der Waals surface area contributed by atoms with E-state index in [1.165, 1.54) is 16.7 Å². The van der Waals surface area contributed by atoms with Crippen LogP contribution in [0.4, 0.5) is 0 Å². The SMILES string of the molecule is CC(C)(C)c1cc(C(c2ccccc2)c2ccccc2)cc(CBr)c1O. The highest BCUT2D eigenvalue weighted by Gasteiger charge is 2.24. The lowest BCUT2D eigenvalue weighted by molar-refractivity contribution is 0.442. The summed E-state index contributed by atoms with van der Waals surface area (Å²) in [6.45, 7) is 6.43. The molecule has 0 saturated heterocycles. The molecule has 0 spiro atoms. The zero-order valence-corrected chi connectivity index (χ0v) is 17.1. The molecule has 0 fully saturated rings. The van der Waals surface area contributed by atoms with Crippen molar-refractivity contribution in [3.05, 3.63) is 101 Å². The van der Waals surface area contributed by atoms with Gasteiger partial charge in [0.1, 0.15) is 5.75 Å². The molecular weight excluding hydrogens is 384 g/mol. The summed E-state index contributed by atoms with van der Waals surface area (Å²) in [6, 6.07) is 25.4. The molecule has 0 aliphatic heterocycles. The van der Waals surface area contributed by atoms with E-state index in [-0.39, 0.29) is 11.3 Å². The average molecular weight is 409 g/mol. The van der Waals surface area contributed by atoms with Gasteiger partial charge in [0.2, 0.25) is 0 Å². The number of halogens is 1. The molecule has 2 heteroatoms. The van der Waals surface area contributed by atoms with Crippen LogP contribution >= 0.6 is 15.9 Å². The van der Waals surface area contributed by atoms with Gasteiger partial charge in [-0.3, -0.25) is 0 Å². The Kier molecular flexibility index (Phi) is 5.52. The first-order valence-corrected chi connectivity index (χ1v) is 10.1. The van der Waals surface area contributed by atoms with E-state index in [0.29, 0.717) is 11.1 Å². The van der Waals surface area contributed by atoms with Crippen molar-refractivity contribution in [1.29, 1.82) is 0 Å². The Morgan fingerprint density at radius 2 is 1.31 bits per heavy atom. The maximum absolute atomic E-state index is 10.7. The van der Waals surface area contributed by atoms with Crippen LogP contribution in [0.2, 0.25) is 0 Å². The smallest absolute Gasteiger partial charge is 0.123 e. The lowest BCUT2D eigenvalue weighted by Gasteiger charge is -2.26. The van der Waals surface area contributed by atoms with Crippen LogP contribution in [0.5, 0.6) is 5.75 Å². The standard InChI is InChI=1S/C24H25BrO/c1-24(2,3)21-15-19(14-20(16-25)23(21)26)22(17-10-6-4-7-11-17)18-12-8-5-9-13-18/h4-15,22,26H,16H2,1-3H3. The van der Waals surface area contributed by atoms with E-state index >= 15 is 0 Å². The number of alkyl halides is 1. The number of phenolic OH excluding ortho intramolecular Hbond substituents is 1. The number of phenols is 1. The van der Waals surface area contributed by atoms with Crippen LogP contribution in [-0.4, -0.2) is 5.11 Å². The zero-order chi connectivity index (χ0) is 18.7. The molecule has 0 aliphatic carbocycles.